The molecule has 27 heavy (non-hydrogen) atoms. The Morgan fingerprint density at radius 3 is 2.63 bits per heavy atom. The second-order valence-corrected chi connectivity index (χ2v) is 8.07. The molecule has 6 nitrogen and oxygen atoms in total. The number of nitrogens with zero attached hydrogens (tertiary/aromatic N) is 1. The van der Waals surface area contributed by atoms with Crippen molar-refractivity contribution in [2.24, 2.45) is 5.92 Å². The number of nitrogens with one attached hydrogen (secondary N) is 2. The summed E-state index contributed by atoms with van der Waals surface area (Å²) in [6.07, 6.45) is 5.55. The van der Waals surface area contributed by atoms with Gasteiger partial charge in [0, 0.05) is 6.04 Å². The Kier molecular flexibility index (Phi) is 5.82. The van der Waals surface area contributed by atoms with Gasteiger partial charge in [0.05, 0.1) is 0 Å². The van der Waals surface area contributed by atoms with Crippen LogP contribution in [0.15, 0.2) is 30.3 Å². The highest BCUT2D eigenvalue weighted by atomic mass is 16.2. The zero-order chi connectivity index (χ0) is 19.4. The van der Waals surface area contributed by atoms with Gasteiger partial charge in [-0.15, -0.1) is 0 Å². The van der Waals surface area contributed by atoms with Gasteiger partial charge in [-0.25, -0.2) is 4.79 Å². The van der Waals surface area contributed by atoms with E-state index in [1.165, 1.54) is 6.42 Å². The fraction of sp³-hybridized carbons (Fsp3) is 0.571. The van der Waals surface area contributed by atoms with E-state index in [1.54, 1.807) is 6.92 Å². The van der Waals surface area contributed by atoms with Crippen molar-refractivity contribution in [1.82, 2.24) is 15.5 Å². The summed E-state index contributed by atoms with van der Waals surface area (Å²) in [7, 11) is 0. The lowest BCUT2D eigenvalue weighted by atomic mass is 9.86. The number of carbonyl (C=O) groups excluding carboxylic acids is 3. The van der Waals surface area contributed by atoms with Crippen molar-refractivity contribution in [2.45, 2.75) is 64.0 Å². The minimum absolute atomic E-state index is 0.136. The lowest BCUT2D eigenvalue weighted by molar-refractivity contribution is -0.135. The van der Waals surface area contributed by atoms with Gasteiger partial charge >= 0.3 is 6.03 Å². The van der Waals surface area contributed by atoms with Crippen LogP contribution in [0.2, 0.25) is 0 Å². The van der Waals surface area contributed by atoms with Crippen LogP contribution in [0.3, 0.4) is 0 Å². The maximum atomic E-state index is 12.8. The third-order valence-corrected chi connectivity index (χ3v) is 5.86. The number of aryl methyl sites for hydroxylation is 1. The van der Waals surface area contributed by atoms with Crippen molar-refractivity contribution < 1.29 is 14.4 Å². The Bertz CT molecular complexity index is 706. The Labute approximate surface area is 160 Å². The summed E-state index contributed by atoms with van der Waals surface area (Å²) < 4.78 is 0. The van der Waals surface area contributed by atoms with Crippen LogP contribution in [0.25, 0.3) is 0 Å². The van der Waals surface area contributed by atoms with E-state index in [9.17, 15) is 14.4 Å². The van der Waals surface area contributed by atoms with E-state index in [0.717, 1.165) is 29.7 Å². The van der Waals surface area contributed by atoms with Crippen LogP contribution >= 0.6 is 0 Å². The van der Waals surface area contributed by atoms with Gasteiger partial charge in [-0.3, -0.25) is 14.5 Å². The van der Waals surface area contributed by atoms with E-state index in [2.05, 4.69) is 17.6 Å². The number of carbonyl (C=O) groups is 3. The lowest BCUT2D eigenvalue weighted by Crippen LogP contribution is -2.48. The first kappa shape index (κ1) is 19.4. The molecule has 0 unspecified atom stereocenters. The molecule has 1 aliphatic carbocycles. The summed E-state index contributed by atoms with van der Waals surface area (Å²) in [6, 6.07) is 9.51. The van der Waals surface area contributed by atoms with Gasteiger partial charge in [-0.1, -0.05) is 50.1 Å². The molecule has 0 radical (unpaired) electrons. The summed E-state index contributed by atoms with van der Waals surface area (Å²) in [4.78, 5) is 38.6. The van der Waals surface area contributed by atoms with Gasteiger partial charge < -0.3 is 10.6 Å². The molecule has 1 saturated heterocycles. The number of hydrogen-bond acceptors (Lipinski definition) is 3. The zero-order valence-electron chi connectivity index (χ0n) is 16.2. The number of imide groups is 1. The Morgan fingerprint density at radius 2 is 1.93 bits per heavy atom. The molecule has 0 spiro atoms. The normalized spacial score (nSPS) is 28.1. The molecule has 3 rings (SSSR count). The standard InChI is InChI=1S/C21H29N3O3/c1-15-8-6-7-11-17(15)22-18(25)14-24-19(26)21(2,23-20(24)27)13-12-16-9-4-3-5-10-16/h3-5,9-10,15,17H,6-8,11-14H2,1-2H3,(H,22,25)(H,23,27)/t15-,17-,21+/m0/s1. The number of amides is 4. The average molecular weight is 371 g/mol. The molecule has 0 aromatic heterocycles. The molecule has 1 aromatic rings. The predicted octanol–water partition coefficient (Wildman–Crippen LogP) is 2.62. The van der Waals surface area contributed by atoms with Crippen molar-refractivity contribution >= 4 is 17.8 Å². The van der Waals surface area contributed by atoms with Crippen LogP contribution in [-0.4, -0.2) is 40.9 Å². The zero-order valence-corrected chi connectivity index (χ0v) is 16.2. The topological polar surface area (TPSA) is 78.5 Å². The van der Waals surface area contributed by atoms with Gasteiger partial charge in [-0.2, -0.15) is 0 Å². The van der Waals surface area contributed by atoms with Crippen molar-refractivity contribution in [1.29, 1.82) is 0 Å². The number of benzene rings is 1. The number of hydrogen-bond donors (Lipinski definition) is 2. The Balaban J connectivity index is 1.57. The minimum Gasteiger partial charge on any atom is -0.352 e. The van der Waals surface area contributed by atoms with Crippen molar-refractivity contribution in [3.05, 3.63) is 35.9 Å². The van der Waals surface area contributed by atoms with Crippen molar-refractivity contribution in [2.75, 3.05) is 6.54 Å². The highest BCUT2D eigenvalue weighted by molar-refractivity contribution is 6.08. The molecule has 1 heterocycles. The molecular formula is C21H29N3O3. The molecule has 1 saturated carbocycles. The first-order valence-electron chi connectivity index (χ1n) is 9.86. The van der Waals surface area contributed by atoms with Crippen molar-refractivity contribution in [3.63, 3.8) is 0 Å². The molecule has 2 fully saturated rings. The molecule has 6 heteroatoms. The fourth-order valence-corrected chi connectivity index (χ4v) is 4.03. The number of rotatable bonds is 6. The van der Waals surface area contributed by atoms with Crippen LogP contribution < -0.4 is 10.6 Å². The summed E-state index contributed by atoms with van der Waals surface area (Å²) in [6.45, 7) is 3.66. The number of urea groups is 1. The monoisotopic (exact) mass is 371 g/mol. The SMILES string of the molecule is C[C@H]1CCCC[C@@H]1NC(=O)CN1C(=O)N[C@](C)(CCc2ccccc2)C1=O. The summed E-state index contributed by atoms with van der Waals surface area (Å²) in [5.74, 6) is -0.151. The molecule has 4 amide bonds. The molecular weight excluding hydrogens is 342 g/mol. The van der Waals surface area contributed by atoms with Gasteiger partial charge in [0.15, 0.2) is 0 Å². The molecule has 1 aromatic carbocycles. The summed E-state index contributed by atoms with van der Waals surface area (Å²) in [5, 5.41) is 5.78. The lowest BCUT2D eigenvalue weighted by Gasteiger charge is -2.30. The summed E-state index contributed by atoms with van der Waals surface area (Å²) >= 11 is 0. The van der Waals surface area contributed by atoms with E-state index in [4.69, 9.17) is 0 Å². The Hall–Kier alpha value is -2.37. The van der Waals surface area contributed by atoms with Crippen LogP contribution in [0, 0.1) is 5.92 Å². The smallest absolute Gasteiger partial charge is 0.325 e. The molecule has 1 aliphatic heterocycles. The van der Waals surface area contributed by atoms with Gasteiger partial charge in [-0.05, 0) is 44.1 Å². The van der Waals surface area contributed by atoms with Crippen LogP contribution in [0.4, 0.5) is 4.79 Å². The molecule has 146 valence electrons. The maximum absolute atomic E-state index is 12.8. The van der Waals surface area contributed by atoms with Gasteiger partial charge in [0.1, 0.15) is 12.1 Å². The second-order valence-electron chi connectivity index (χ2n) is 8.07. The fourth-order valence-electron chi connectivity index (χ4n) is 4.03. The molecule has 0 bridgehead atoms. The maximum Gasteiger partial charge on any atom is 0.325 e. The van der Waals surface area contributed by atoms with Gasteiger partial charge in [0.2, 0.25) is 5.91 Å². The predicted molar refractivity (Wildman–Crippen MR) is 103 cm³/mol. The van der Waals surface area contributed by atoms with Crippen LogP contribution in [0.1, 0.15) is 51.5 Å². The van der Waals surface area contributed by atoms with Crippen LogP contribution in [-0.2, 0) is 16.0 Å². The quantitative estimate of drug-likeness (QED) is 0.755. The highest BCUT2D eigenvalue weighted by Gasteiger charge is 2.47. The van der Waals surface area contributed by atoms with Gasteiger partial charge in [0.25, 0.3) is 5.91 Å². The minimum atomic E-state index is -0.967. The highest BCUT2D eigenvalue weighted by Crippen LogP contribution is 2.25. The molecule has 2 aliphatic rings. The average Bonchev–Trinajstić information content (AvgIpc) is 2.86. The second kappa shape index (κ2) is 8.11. The largest absolute Gasteiger partial charge is 0.352 e. The molecule has 2 N–H and O–H groups in total. The van der Waals surface area contributed by atoms with Crippen LogP contribution in [0.5, 0.6) is 0 Å². The molecule has 3 atom stereocenters. The van der Waals surface area contributed by atoms with E-state index in [0.29, 0.717) is 18.8 Å². The van der Waals surface area contributed by atoms with Crippen molar-refractivity contribution in [3.8, 4) is 0 Å². The third kappa shape index (κ3) is 4.49. The summed E-state index contributed by atoms with van der Waals surface area (Å²) in [5.41, 5.74) is 0.147. The van der Waals surface area contributed by atoms with E-state index in [-0.39, 0.29) is 24.4 Å². The Morgan fingerprint density at radius 1 is 1.22 bits per heavy atom. The van der Waals surface area contributed by atoms with E-state index in [1.807, 2.05) is 30.3 Å². The first-order valence-corrected chi connectivity index (χ1v) is 9.86. The van der Waals surface area contributed by atoms with E-state index >= 15 is 0 Å². The third-order valence-electron chi connectivity index (χ3n) is 5.86. The first-order chi connectivity index (χ1) is 12.9. The van der Waals surface area contributed by atoms with E-state index < -0.39 is 11.6 Å².